The number of sulfonamides is 1. The van der Waals surface area contributed by atoms with E-state index in [0.29, 0.717) is 6.42 Å². The van der Waals surface area contributed by atoms with Crippen LogP contribution in [0, 0.1) is 11.3 Å². The van der Waals surface area contributed by atoms with Crippen LogP contribution in [0.2, 0.25) is 5.02 Å². The Labute approximate surface area is 133 Å². The van der Waals surface area contributed by atoms with Crippen molar-refractivity contribution in [3.63, 3.8) is 0 Å². The number of benzene rings is 1. The van der Waals surface area contributed by atoms with Crippen LogP contribution in [-0.4, -0.2) is 14.5 Å². The second-order valence-electron chi connectivity index (χ2n) is 4.56. The van der Waals surface area contributed by atoms with Crippen LogP contribution >= 0.6 is 22.9 Å². The molecule has 110 valence electrons. The highest BCUT2D eigenvalue weighted by molar-refractivity contribution is 7.89. The van der Waals surface area contributed by atoms with E-state index in [4.69, 9.17) is 16.9 Å². The Morgan fingerprint density at radius 3 is 2.76 bits per heavy atom. The molecule has 0 bridgehead atoms. The highest BCUT2D eigenvalue weighted by Crippen LogP contribution is 2.20. The van der Waals surface area contributed by atoms with Crippen LogP contribution in [0.3, 0.4) is 0 Å². The van der Waals surface area contributed by atoms with Crippen LogP contribution in [0.5, 0.6) is 0 Å². The van der Waals surface area contributed by atoms with E-state index in [1.54, 1.807) is 11.3 Å². The van der Waals surface area contributed by atoms with E-state index in [1.165, 1.54) is 18.2 Å². The minimum atomic E-state index is -3.65. The third kappa shape index (κ3) is 4.05. The van der Waals surface area contributed by atoms with Crippen molar-refractivity contribution in [1.29, 1.82) is 5.26 Å². The molecule has 1 aromatic heterocycles. The number of rotatable bonds is 5. The van der Waals surface area contributed by atoms with Crippen LogP contribution in [0.4, 0.5) is 0 Å². The van der Waals surface area contributed by atoms with Crippen molar-refractivity contribution in [2.75, 3.05) is 0 Å². The van der Waals surface area contributed by atoms with Crippen molar-refractivity contribution >= 4 is 33.0 Å². The first-order chi connectivity index (χ1) is 9.92. The fraction of sp³-hybridized carbons (Fsp3) is 0.214. The second-order valence-corrected chi connectivity index (χ2v) is 7.71. The monoisotopic (exact) mass is 340 g/mol. The molecule has 1 N–H and O–H groups in total. The standard InChI is InChI=1S/C14H13ClN2O2S2/c1-10(7-12-3-2-6-20-12)17-21(18,19)13-5-4-11(9-16)14(15)8-13/h2-6,8,10,17H,7H2,1H3. The quantitative estimate of drug-likeness (QED) is 0.908. The van der Waals surface area contributed by atoms with Gasteiger partial charge in [0.2, 0.25) is 10.0 Å². The summed E-state index contributed by atoms with van der Waals surface area (Å²) in [6.07, 6.45) is 0.626. The third-order valence-corrected chi connectivity index (χ3v) is 5.61. The predicted molar refractivity (Wildman–Crippen MR) is 84.0 cm³/mol. The summed E-state index contributed by atoms with van der Waals surface area (Å²) in [6, 6.07) is 9.64. The fourth-order valence-corrected chi connectivity index (χ4v) is 4.25. The average Bonchev–Trinajstić information content (AvgIpc) is 2.90. The number of nitrogens with one attached hydrogen (secondary N) is 1. The molecule has 2 rings (SSSR count). The molecular weight excluding hydrogens is 328 g/mol. The molecule has 1 heterocycles. The van der Waals surface area contributed by atoms with Gasteiger partial charge < -0.3 is 0 Å². The predicted octanol–water partition coefficient (Wildman–Crippen LogP) is 3.18. The maximum absolute atomic E-state index is 12.3. The molecule has 0 aliphatic heterocycles. The minimum Gasteiger partial charge on any atom is -0.208 e. The molecule has 2 aromatic rings. The number of thiophene rings is 1. The number of hydrogen-bond acceptors (Lipinski definition) is 4. The van der Waals surface area contributed by atoms with Crippen molar-refractivity contribution in [3.8, 4) is 6.07 Å². The van der Waals surface area contributed by atoms with Gasteiger partial charge in [-0.05, 0) is 43.0 Å². The third-order valence-electron chi connectivity index (χ3n) is 2.82. The van der Waals surface area contributed by atoms with Gasteiger partial charge in [0.15, 0.2) is 0 Å². The fourth-order valence-electron chi connectivity index (χ4n) is 1.86. The highest BCUT2D eigenvalue weighted by Gasteiger charge is 2.19. The van der Waals surface area contributed by atoms with Gasteiger partial charge in [0.05, 0.1) is 15.5 Å². The molecule has 0 saturated heterocycles. The summed E-state index contributed by atoms with van der Waals surface area (Å²) in [5.74, 6) is 0. The highest BCUT2D eigenvalue weighted by atomic mass is 35.5. The van der Waals surface area contributed by atoms with Gasteiger partial charge in [-0.3, -0.25) is 0 Å². The molecule has 0 aliphatic carbocycles. The summed E-state index contributed by atoms with van der Waals surface area (Å²) < 4.78 is 27.2. The first-order valence-electron chi connectivity index (χ1n) is 6.17. The van der Waals surface area contributed by atoms with Crippen molar-refractivity contribution in [1.82, 2.24) is 4.72 Å². The molecule has 0 fully saturated rings. The number of nitrogens with zero attached hydrogens (tertiary/aromatic N) is 1. The van der Waals surface area contributed by atoms with Gasteiger partial charge in [0, 0.05) is 10.9 Å². The molecule has 7 heteroatoms. The topological polar surface area (TPSA) is 70.0 Å². The maximum Gasteiger partial charge on any atom is 0.240 e. The van der Waals surface area contributed by atoms with E-state index in [0.717, 1.165) is 4.88 Å². The van der Waals surface area contributed by atoms with Crippen LogP contribution in [0.1, 0.15) is 17.4 Å². The number of halogens is 1. The van der Waals surface area contributed by atoms with Crippen LogP contribution in [0.15, 0.2) is 40.6 Å². The normalized spacial score (nSPS) is 12.8. The van der Waals surface area contributed by atoms with Gasteiger partial charge in [-0.1, -0.05) is 17.7 Å². The van der Waals surface area contributed by atoms with E-state index >= 15 is 0 Å². The Hall–Kier alpha value is -1.39. The maximum atomic E-state index is 12.3. The number of nitriles is 1. The summed E-state index contributed by atoms with van der Waals surface area (Å²) in [4.78, 5) is 1.17. The van der Waals surface area contributed by atoms with Crippen molar-refractivity contribution < 1.29 is 8.42 Å². The van der Waals surface area contributed by atoms with Gasteiger partial charge in [0.25, 0.3) is 0 Å². The Balaban J connectivity index is 2.15. The van der Waals surface area contributed by atoms with Gasteiger partial charge in [-0.25, -0.2) is 13.1 Å². The van der Waals surface area contributed by atoms with E-state index in [1.807, 2.05) is 30.5 Å². The molecule has 0 radical (unpaired) electrons. The van der Waals surface area contributed by atoms with E-state index in [2.05, 4.69) is 4.72 Å². The molecule has 0 aliphatic rings. The molecule has 1 aromatic carbocycles. The Morgan fingerprint density at radius 2 is 2.19 bits per heavy atom. The van der Waals surface area contributed by atoms with Crippen LogP contribution < -0.4 is 4.72 Å². The minimum absolute atomic E-state index is 0.0597. The largest absolute Gasteiger partial charge is 0.240 e. The SMILES string of the molecule is CC(Cc1cccs1)NS(=O)(=O)c1ccc(C#N)c(Cl)c1. The van der Waals surface area contributed by atoms with Crippen LogP contribution in [-0.2, 0) is 16.4 Å². The summed E-state index contributed by atoms with van der Waals surface area (Å²) in [5.41, 5.74) is 0.252. The lowest BCUT2D eigenvalue weighted by Gasteiger charge is -2.13. The summed E-state index contributed by atoms with van der Waals surface area (Å²) in [7, 11) is -3.65. The van der Waals surface area contributed by atoms with Crippen molar-refractivity contribution in [2.45, 2.75) is 24.3 Å². The van der Waals surface area contributed by atoms with Crippen LogP contribution in [0.25, 0.3) is 0 Å². The zero-order valence-corrected chi connectivity index (χ0v) is 13.6. The molecule has 0 spiro atoms. The summed E-state index contributed by atoms with van der Waals surface area (Å²) in [5, 5.41) is 10.9. The lowest BCUT2D eigenvalue weighted by molar-refractivity contribution is 0.560. The van der Waals surface area contributed by atoms with Gasteiger partial charge in [0.1, 0.15) is 6.07 Å². The molecule has 0 saturated carbocycles. The first-order valence-corrected chi connectivity index (χ1v) is 8.91. The van der Waals surface area contributed by atoms with Crippen molar-refractivity contribution in [2.24, 2.45) is 0 Å². The van der Waals surface area contributed by atoms with Gasteiger partial charge in [-0.2, -0.15) is 5.26 Å². The van der Waals surface area contributed by atoms with E-state index < -0.39 is 10.0 Å². The molecule has 4 nitrogen and oxygen atoms in total. The van der Waals surface area contributed by atoms with E-state index in [9.17, 15) is 8.42 Å². The summed E-state index contributed by atoms with van der Waals surface area (Å²) in [6.45, 7) is 1.81. The Bertz CT molecular complexity index is 765. The zero-order valence-electron chi connectivity index (χ0n) is 11.2. The second kappa shape index (κ2) is 6.58. The van der Waals surface area contributed by atoms with Gasteiger partial charge in [-0.15, -0.1) is 11.3 Å². The zero-order chi connectivity index (χ0) is 15.5. The molecule has 21 heavy (non-hydrogen) atoms. The van der Waals surface area contributed by atoms with E-state index in [-0.39, 0.29) is 21.5 Å². The number of hydrogen-bond donors (Lipinski definition) is 1. The first kappa shape index (κ1) is 16.0. The molecule has 1 atom stereocenters. The molecule has 1 unspecified atom stereocenters. The lowest BCUT2D eigenvalue weighted by atomic mass is 10.2. The van der Waals surface area contributed by atoms with Crippen molar-refractivity contribution in [3.05, 3.63) is 51.2 Å². The summed E-state index contributed by atoms with van der Waals surface area (Å²) >= 11 is 7.46. The van der Waals surface area contributed by atoms with Gasteiger partial charge >= 0.3 is 0 Å². The Kier molecular flexibility index (Phi) is 5.01. The molecular formula is C14H13ClN2O2S2. The Morgan fingerprint density at radius 1 is 1.43 bits per heavy atom. The smallest absolute Gasteiger partial charge is 0.208 e. The lowest BCUT2D eigenvalue weighted by Crippen LogP contribution is -2.33. The average molecular weight is 341 g/mol. The molecule has 0 amide bonds.